The van der Waals surface area contributed by atoms with E-state index < -0.39 is 11.7 Å². The number of aliphatic hydroxyl groups is 1. The van der Waals surface area contributed by atoms with E-state index in [9.17, 15) is 9.90 Å². The highest BCUT2D eigenvalue weighted by atomic mass is 16.5. The first-order chi connectivity index (χ1) is 7.39. The van der Waals surface area contributed by atoms with Gasteiger partial charge in [-0.25, -0.2) is 0 Å². The highest BCUT2D eigenvalue weighted by Crippen LogP contribution is 2.34. The molecular weight excluding hydrogens is 204 g/mol. The van der Waals surface area contributed by atoms with E-state index in [4.69, 9.17) is 4.74 Å². The lowest BCUT2D eigenvalue weighted by atomic mass is 9.91. The summed E-state index contributed by atoms with van der Waals surface area (Å²) in [6.07, 6.45) is -0.184. The number of hydrogen-bond donors (Lipinski definition) is 1. The lowest BCUT2D eigenvalue weighted by molar-refractivity contribution is 0.0619. The van der Waals surface area contributed by atoms with Crippen molar-refractivity contribution in [3.8, 4) is 5.75 Å². The fraction of sp³-hybridized carbons (Fsp3) is 0.462. The number of ether oxygens (including phenoxy) is 1. The second-order valence-corrected chi connectivity index (χ2v) is 4.89. The fourth-order valence-electron chi connectivity index (χ4n) is 1.93. The van der Waals surface area contributed by atoms with Crippen LogP contribution in [0.3, 0.4) is 0 Å². The molecule has 0 saturated carbocycles. The summed E-state index contributed by atoms with van der Waals surface area (Å²) in [4.78, 5) is 11.9. The minimum absolute atomic E-state index is 0.0775. The van der Waals surface area contributed by atoms with Gasteiger partial charge in [-0.2, -0.15) is 0 Å². The molecule has 1 aliphatic heterocycles. The Bertz CT molecular complexity index is 433. The third-order valence-electron chi connectivity index (χ3n) is 2.76. The maximum atomic E-state index is 11.9. The highest BCUT2D eigenvalue weighted by Gasteiger charge is 2.32. The van der Waals surface area contributed by atoms with Crippen molar-refractivity contribution in [3.63, 3.8) is 0 Å². The van der Waals surface area contributed by atoms with Crippen molar-refractivity contribution in [3.05, 3.63) is 29.3 Å². The Morgan fingerprint density at radius 1 is 1.44 bits per heavy atom. The normalized spacial score (nSPS) is 19.9. The van der Waals surface area contributed by atoms with Gasteiger partial charge in [-0.05, 0) is 38.5 Å². The minimum atomic E-state index is -0.562. The summed E-state index contributed by atoms with van der Waals surface area (Å²) < 4.78 is 5.72. The number of Topliss-reactive ketones (excluding diaryl/α,β-unsaturated/α-hetero) is 1. The lowest BCUT2D eigenvalue weighted by Crippen LogP contribution is -2.35. The Labute approximate surface area is 95.0 Å². The molecule has 0 unspecified atom stereocenters. The van der Waals surface area contributed by atoms with Crippen LogP contribution >= 0.6 is 0 Å². The Hall–Kier alpha value is -1.35. The molecular formula is C13H16O3. The molecule has 1 aliphatic rings. The molecule has 0 aliphatic carbocycles. The molecule has 0 radical (unpaired) electrons. The molecule has 3 heteroatoms. The Morgan fingerprint density at radius 3 is 2.75 bits per heavy atom. The van der Waals surface area contributed by atoms with Crippen molar-refractivity contribution >= 4 is 5.78 Å². The molecule has 1 heterocycles. The smallest absolute Gasteiger partial charge is 0.170 e. The van der Waals surface area contributed by atoms with E-state index in [1.54, 1.807) is 25.1 Å². The topological polar surface area (TPSA) is 46.5 Å². The van der Waals surface area contributed by atoms with E-state index >= 15 is 0 Å². The first kappa shape index (κ1) is 11.1. The minimum Gasteiger partial charge on any atom is -0.487 e. The molecule has 1 aromatic rings. The molecule has 86 valence electrons. The first-order valence-electron chi connectivity index (χ1n) is 5.43. The predicted molar refractivity (Wildman–Crippen MR) is 60.7 cm³/mol. The summed E-state index contributed by atoms with van der Waals surface area (Å²) in [7, 11) is 0. The highest BCUT2D eigenvalue weighted by molar-refractivity contribution is 6.00. The van der Waals surface area contributed by atoms with Gasteiger partial charge in [0.15, 0.2) is 5.78 Å². The monoisotopic (exact) mass is 220 g/mol. The van der Waals surface area contributed by atoms with E-state index in [-0.39, 0.29) is 5.78 Å². The number of carbonyl (C=O) groups excluding carboxylic acids is 1. The SMILES string of the molecule is C[C@@H](O)c1ccc2c(c1)C(=O)CC(C)(C)O2. The van der Waals surface area contributed by atoms with E-state index in [2.05, 4.69) is 0 Å². The molecule has 0 amide bonds. The molecule has 1 N–H and O–H groups in total. The molecule has 16 heavy (non-hydrogen) atoms. The van der Waals surface area contributed by atoms with Crippen molar-refractivity contribution < 1.29 is 14.6 Å². The zero-order chi connectivity index (χ0) is 11.9. The van der Waals surface area contributed by atoms with Crippen molar-refractivity contribution in [1.82, 2.24) is 0 Å². The quantitative estimate of drug-likeness (QED) is 0.790. The fourth-order valence-corrected chi connectivity index (χ4v) is 1.93. The first-order valence-corrected chi connectivity index (χ1v) is 5.43. The number of hydrogen-bond acceptors (Lipinski definition) is 3. The van der Waals surface area contributed by atoms with Gasteiger partial charge in [0, 0.05) is 0 Å². The van der Waals surface area contributed by atoms with Crippen LogP contribution < -0.4 is 4.74 Å². The van der Waals surface area contributed by atoms with E-state index in [1.807, 2.05) is 13.8 Å². The van der Waals surface area contributed by atoms with Crippen LogP contribution in [0.2, 0.25) is 0 Å². The number of benzene rings is 1. The van der Waals surface area contributed by atoms with Crippen molar-refractivity contribution in [2.24, 2.45) is 0 Å². The maximum absolute atomic E-state index is 11.9. The van der Waals surface area contributed by atoms with Gasteiger partial charge < -0.3 is 9.84 Å². The van der Waals surface area contributed by atoms with Crippen LogP contribution in [-0.4, -0.2) is 16.5 Å². The van der Waals surface area contributed by atoms with Gasteiger partial charge in [-0.3, -0.25) is 4.79 Å². The van der Waals surface area contributed by atoms with E-state index in [0.717, 1.165) is 5.56 Å². The van der Waals surface area contributed by atoms with E-state index in [1.165, 1.54) is 0 Å². The van der Waals surface area contributed by atoms with Gasteiger partial charge in [0.2, 0.25) is 0 Å². The molecule has 2 rings (SSSR count). The standard InChI is InChI=1S/C13H16O3/c1-8(14)9-4-5-12-10(6-9)11(15)7-13(2,3)16-12/h4-6,8,14H,7H2,1-3H3/t8-/m1/s1. The Balaban J connectivity index is 2.45. The number of carbonyl (C=O) groups is 1. The van der Waals surface area contributed by atoms with Crippen LogP contribution in [0.5, 0.6) is 5.75 Å². The molecule has 0 saturated heterocycles. The largest absolute Gasteiger partial charge is 0.487 e. The number of aliphatic hydroxyl groups excluding tert-OH is 1. The van der Waals surface area contributed by atoms with Gasteiger partial charge in [0.1, 0.15) is 11.4 Å². The summed E-state index contributed by atoms with van der Waals surface area (Å²) in [6.45, 7) is 5.48. The van der Waals surface area contributed by atoms with Crippen LogP contribution in [0.25, 0.3) is 0 Å². The average molecular weight is 220 g/mol. The van der Waals surface area contributed by atoms with Crippen LogP contribution in [0.4, 0.5) is 0 Å². The van der Waals surface area contributed by atoms with Gasteiger partial charge in [0.05, 0.1) is 18.1 Å². The Morgan fingerprint density at radius 2 is 2.12 bits per heavy atom. The summed E-state index contributed by atoms with van der Waals surface area (Å²) in [5.74, 6) is 0.694. The van der Waals surface area contributed by atoms with E-state index in [0.29, 0.717) is 17.7 Å². The molecule has 3 nitrogen and oxygen atoms in total. The van der Waals surface area contributed by atoms with Crippen LogP contribution in [0, 0.1) is 0 Å². The summed E-state index contributed by atoms with van der Waals surface area (Å²) in [5.41, 5.74) is 0.893. The summed E-state index contributed by atoms with van der Waals surface area (Å²) >= 11 is 0. The summed E-state index contributed by atoms with van der Waals surface area (Å²) in [5, 5.41) is 9.46. The third-order valence-corrected chi connectivity index (χ3v) is 2.76. The third kappa shape index (κ3) is 1.95. The second-order valence-electron chi connectivity index (χ2n) is 4.89. The molecule has 0 spiro atoms. The van der Waals surface area contributed by atoms with Gasteiger partial charge >= 0.3 is 0 Å². The molecule has 1 aromatic carbocycles. The molecule has 0 bridgehead atoms. The zero-order valence-electron chi connectivity index (χ0n) is 9.78. The van der Waals surface area contributed by atoms with Crippen molar-refractivity contribution in [2.45, 2.75) is 38.9 Å². The van der Waals surface area contributed by atoms with Crippen LogP contribution in [0.1, 0.15) is 49.2 Å². The number of ketones is 1. The molecule has 1 atom stereocenters. The predicted octanol–water partition coefficient (Wildman–Crippen LogP) is 2.48. The second kappa shape index (κ2) is 3.59. The summed E-state index contributed by atoms with van der Waals surface area (Å²) in [6, 6.07) is 5.27. The van der Waals surface area contributed by atoms with Gasteiger partial charge in [-0.1, -0.05) is 6.07 Å². The van der Waals surface area contributed by atoms with Gasteiger partial charge in [0.25, 0.3) is 0 Å². The zero-order valence-corrected chi connectivity index (χ0v) is 9.78. The Kier molecular flexibility index (Phi) is 2.50. The lowest BCUT2D eigenvalue weighted by Gasteiger charge is -2.31. The number of rotatable bonds is 1. The van der Waals surface area contributed by atoms with Crippen LogP contribution in [-0.2, 0) is 0 Å². The van der Waals surface area contributed by atoms with Crippen molar-refractivity contribution in [2.75, 3.05) is 0 Å². The average Bonchev–Trinajstić information content (AvgIpc) is 2.15. The van der Waals surface area contributed by atoms with Crippen LogP contribution in [0.15, 0.2) is 18.2 Å². The van der Waals surface area contributed by atoms with Gasteiger partial charge in [-0.15, -0.1) is 0 Å². The van der Waals surface area contributed by atoms with Crippen molar-refractivity contribution in [1.29, 1.82) is 0 Å². The molecule has 0 aromatic heterocycles. The maximum Gasteiger partial charge on any atom is 0.170 e. The molecule has 0 fully saturated rings. The number of fused-ring (bicyclic) bond motifs is 1.